The molecule has 0 amide bonds. The molecule has 4 rings (SSSR count). The normalized spacial score (nSPS) is 16.1. The zero-order valence-electron chi connectivity index (χ0n) is 13.8. The molecule has 1 aromatic heterocycles. The highest BCUT2D eigenvalue weighted by Gasteiger charge is 2.21. The summed E-state index contributed by atoms with van der Waals surface area (Å²) in [7, 11) is 1.66. The molecule has 1 aliphatic carbocycles. The molecule has 126 valence electrons. The van der Waals surface area contributed by atoms with Gasteiger partial charge >= 0.3 is 0 Å². The van der Waals surface area contributed by atoms with E-state index in [0.717, 1.165) is 45.6 Å². The molecule has 25 heavy (non-hydrogen) atoms. The van der Waals surface area contributed by atoms with Crippen LogP contribution in [0.2, 0.25) is 5.15 Å². The Balaban J connectivity index is 1.63. The number of pyridine rings is 1. The van der Waals surface area contributed by atoms with Crippen LogP contribution in [0, 0.1) is 0 Å². The number of nitrogens with zero attached hydrogens (tertiary/aromatic N) is 2. The minimum atomic E-state index is 0.470. The summed E-state index contributed by atoms with van der Waals surface area (Å²) < 4.78 is 10.7. The van der Waals surface area contributed by atoms with Crippen LogP contribution in [-0.4, -0.2) is 31.0 Å². The number of hydrogen-bond acceptors (Lipinski definition) is 4. The Morgan fingerprint density at radius 3 is 2.92 bits per heavy atom. The molecule has 2 aliphatic rings. The fourth-order valence-corrected chi connectivity index (χ4v) is 3.17. The Kier molecular flexibility index (Phi) is 4.38. The second-order valence-corrected chi connectivity index (χ2v) is 6.22. The van der Waals surface area contributed by atoms with Gasteiger partial charge in [-0.1, -0.05) is 29.8 Å². The van der Waals surface area contributed by atoms with Gasteiger partial charge in [0.15, 0.2) is 0 Å². The third kappa shape index (κ3) is 3.23. The van der Waals surface area contributed by atoms with Crippen LogP contribution in [0.3, 0.4) is 0 Å². The van der Waals surface area contributed by atoms with Gasteiger partial charge in [-0.3, -0.25) is 4.99 Å². The lowest BCUT2D eigenvalue weighted by Gasteiger charge is -2.12. The topological polar surface area (TPSA) is 43.7 Å². The van der Waals surface area contributed by atoms with Crippen molar-refractivity contribution in [2.75, 3.05) is 20.3 Å². The summed E-state index contributed by atoms with van der Waals surface area (Å²) in [6.45, 7) is 1.11. The molecular weight excluding hydrogens is 336 g/mol. The lowest BCUT2D eigenvalue weighted by atomic mass is 10.0. The van der Waals surface area contributed by atoms with Gasteiger partial charge in [-0.05, 0) is 30.4 Å². The van der Waals surface area contributed by atoms with Crippen molar-refractivity contribution in [1.29, 1.82) is 0 Å². The van der Waals surface area contributed by atoms with Gasteiger partial charge in [-0.2, -0.15) is 0 Å². The highest BCUT2D eigenvalue weighted by atomic mass is 35.5. The minimum Gasteiger partial charge on any atom is -0.491 e. The Hall–Kier alpha value is -2.43. The number of rotatable bonds is 5. The zero-order valence-corrected chi connectivity index (χ0v) is 14.6. The van der Waals surface area contributed by atoms with Crippen molar-refractivity contribution in [1.82, 2.24) is 4.98 Å². The number of hydrogen-bond donors (Lipinski definition) is 0. The van der Waals surface area contributed by atoms with Crippen LogP contribution in [0.5, 0.6) is 0 Å². The van der Waals surface area contributed by atoms with Crippen molar-refractivity contribution >= 4 is 33.9 Å². The summed E-state index contributed by atoms with van der Waals surface area (Å²) in [5.41, 5.74) is 4.67. The van der Waals surface area contributed by atoms with E-state index >= 15 is 0 Å². The quantitative estimate of drug-likeness (QED) is 0.585. The van der Waals surface area contributed by atoms with Crippen molar-refractivity contribution in [3.05, 3.63) is 70.6 Å². The molecule has 4 nitrogen and oxygen atoms in total. The predicted octanol–water partition coefficient (Wildman–Crippen LogP) is 4.56. The number of allylic oxidation sites excluding steroid dienone is 4. The average molecular weight is 353 g/mol. The maximum atomic E-state index is 6.40. The predicted molar refractivity (Wildman–Crippen MR) is 101 cm³/mol. The highest BCUT2D eigenvalue weighted by Crippen LogP contribution is 2.34. The van der Waals surface area contributed by atoms with Gasteiger partial charge in [0.25, 0.3) is 0 Å². The van der Waals surface area contributed by atoms with Crippen LogP contribution >= 0.6 is 11.6 Å². The number of para-hydroxylation sites is 1. The number of benzene rings is 1. The van der Waals surface area contributed by atoms with E-state index in [1.807, 2.05) is 48.6 Å². The van der Waals surface area contributed by atoms with E-state index < -0.39 is 0 Å². The first-order chi connectivity index (χ1) is 12.2. The number of ether oxygens (including phenoxy) is 2. The molecular formula is C20H17ClN2O2. The molecule has 0 bridgehead atoms. The zero-order chi connectivity index (χ0) is 17.2. The van der Waals surface area contributed by atoms with Gasteiger partial charge in [0.2, 0.25) is 0 Å². The Labute approximate surface area is 151 Å². The number of methoxy groups -OCH3 is 1. The first kappa shape index (κ1) is 16.1. The van der Waals surface area contributed by atoms with E-state index in [9.17, 15) is 0 Å². The molecule has 0 saturated heterocycles. The summed E-state index contributed by atoms with van der Waals surface area (Å²) >= 11 is 6.40. The first-order valence-corrected chi connectivity index (χ1v) is 8.51. The SMILES string of the molecule is COCCOC1=CCC2=NC(c3cc4ccccc4nc3Cl)=CC2=C1. The van der Waals surface area contributed by atoms with Gasteiger partial charge in [0.05, 0.1) is 23.5 Å². The molecule has 0 N–H and O–H groups in total. The fourth-order valence-electron chi connectivity index (χ4n) is 2.92. The Morgan fingerprint density at radius 1 is 1.16 bits per heavy atom. The molecule has 0 spiro atoms. The molecule has 1 aromatic carbocycles. The van der Waals surface area contributed by atoms with E-state index in [2.05, 4.69) is 4.98 Å². The summed E-state index contributed by atoms with van der Waals surface area (Å²) in [5, 5.41) is 1.52. The molecule has 1 aliphatic heterocycles. The van der Waals surface area contributed by atoms with Crippen molar-refractivity contribution < 1.29 is 9.47 Å². The maximum absolute atomic E-state index is 6.40. The van der Waals surface area contributed by atoms with Crippen LogP contribution in [0.1, 0.15) is 12.0 Å². The smallest absolute Gasteiger partial charge is 0.139 e. The molecule has 0 unspecified atom stereocenters. The molecule has 0 radical (unpaired) electrons. The van der Waals surface area contributed by atoms with Gasteiger partial charge in [0.1, 0.15) is 17.5 Å². The summed E-state index contributed by atoms with van der Waals surface area (Å²) in [5.74, 6) is 0.853. The van der Waals surface area contributed by atoms with E-state index in [4.69, 9.17) is 26.1 Å². The lowest BCUT2D eigenvalue weighted by Crippen LogP contribution is -2.06. The fraction of sp³-hybridized carbons (Fsp3) is 0.200. The van der Waals surface area contributed by atoms with E-state index in [0.29, 0.717) is 18.4 Å². The van der Waals surface area contributed by atoms with Gasteiger partial charge < -0.3 is 9.47 Å². The van der Waals surface area contributed by atoms with Crippen LogP contribution in [0.15, 0.2) is 64.9 Å². The standard InChI is InChI=1S/C20H17ClN2O2/c1-24-8-9-25-15-6-7-18-14(10-15)12-19(22-18)16-11-13-4-2-3-5-17(13)23-20(16)21/h2-6,10-12H,7-9H2,1H3. The molecule has 0 saturated carbocycles. The Bertz CT molecular complexity index is 957. The average Bonchev–Trinajstić information content (AvgIpc) is 3.04. The second kappa shape index (κ2) is 6.82. The number of halogens is 1. The van der Waals surface area contributed by atoms with Gasteiger partial charge in [0, 0.05) is 30.1 Å². The Morgan fingerprint density at radius 2 is 2.04 bits per heavy atom. The van der Waals surface area contributed by atoms with Crippen LogP contribution in [-0.2, 0) is 9.47 Å². The number of aliphatic imine (C=N–C) groups is 1. The van der Waals surface area contributed by atoms with Crippen LogP contribution < -0.4 is 0 Å². The maximum Gasteiger partial charge on any atom is 0.139 e. The van der Waals surface area contributed by atoms with Crippen molar-refractivity contribution in [2.45, 2.75) is 6.42 Å². The summed E-state index contributed by atoms with van der Waals surface area (Å²) in [6, 6.07) is 9.97. The van der Waals surface area contributed by atoms with Crippen molar-refractivity contribution in [3.63, 3.8) is 0 Å². The number of fused-ring (bicyclic) bond motifs is 2. The number of aromatic nitrogens is 1. The second-order valence-electron chi connectivity index (χ2n) is 5.86. The van der Waals surface area contributed by atoms with Crippen LogP contribution in [0.4, 0.5) is 0 Å². The van der Waals surface area contributed by atoms with E-state index in [1.54, 1.807) is 7.11 Å². The summed E-state index contributed by atoms with van der Waals surface area (Å²) in [4.78, 5) is 9.23. The van der Waals surface area contributed by atoms with E-state index in [1.165, 1.54) is 0 Å². The third-order valence-electron chi connectivity index (χ3n) is 4.18. The largest absolute Gasteiger partial charge is 0.491 e. The molecule has 5 heteroatoms. The van der Waals surface area contributed by atoms with Gasteiger partial charge in [-0.25, -0.2) is 4.98 Å². The van der Waals surface area contributed by atoms with E-state index in [-0.39, 0.29) is 0 Å². The molecule has 0 atom stereocenters. The molecule has 2 aromatic rings. The van der Waals surface area contributed by atoms with Gasteiger partial charge in [-0.15, -0.1) is 0 Å². The first-order valence-electron chi connectivity index (χ1n) is 8.13. The summed E-state index contributed by atoms with van der Waals surface area (Å²) in [6.07, 6.45) is 6.83. The molecule has 2 heterocycles. The lowest BCUT2D eigenvalue weighted by molar-refractivity contribution is 0.114. The molecule has 0 fully saturated rings. The highest BCUT2D eigenvalue weighted by molar-refractivity contribution is 6.32. The minimum absolute atomic E-state index is 0.470. The van der Waals surface area contributed by atoms with Crippen molar-refractivity contribution in [3.8, 4) is 0 Å². The van der Waals surface area contributed by atoms with Crippen LogP contribution in [0.25, 0.3) is 16.6 Å². The van der Waals surface area contributed by atoms with Crippen molar-refractivity contribution in [2.24, 2.45) is 4.99 Å². The monoisotopic (exact) mass is 352 g/mol. The third-order valence-corrected chi connectivity index (χ3v) is 4.47.